The van der Waals surface area contributed by atoms with E-state index in [1.807, 2.05) is 26.8 Å². The van der Waals surface area contributed by atoms with E-state index in [0.29, 0.717) is 25.6 Å². The number of nitrogens with one attached hydrogen (secondary N) is 3. The van der Waals surface area contributed by atoms with Crippen molar-refractivity contribution in [3.63, 3.8) is 0 Å². The van der Waals surface area contributed by atoms with Gasteiger partial charge in [-0.05, 0) is 51.3 Å². The van der Waals surface area contributed by atoms with Crippen LogP contribution in [0.2, 0.25) is 0 Å². The van der Waals surface area contributed by atoms with Crippen molar-refractivity contribution in [1.29, 1.82) is 0 Å². The van der Waals surface area contributed by atoms with Crippen LogP contribution in [0.15, 0.2) is 29.3 Å². The second kappa shape index (κ2) is 8.38. The van der Waals surface area contributed by atoms with E-state index in [0.717, 1.165) is 18.4 Å². The fourth-order valence-electron chi connectivity index (χ4n) is 2.67. The molecule has 0 spiro atoms. The highest BCUT2D eigenvalue weighted by atomic mass is 19.1. The molecule has 0 heterocycles. The van der Waals surface area contributed by atoms with Crippen LogP contribution in [-0.2, 0) is 10.2 Å². The summed E-state index contributed by atoms with van der Waals surface area (Å²) in [6.45, 7) is 7.10. The van der Waals surface area contributed by atoms with Gasteiger partial charge in [0.2, 0.25) is 0 Å². The van der Waals surface area contributed by atoms with E-state index in [1.54, 1.807) is 19.2 Å². The lowest BCUT2D eigenvalue weighted by atomic mass is 9.96. The highest BCUT2D eigenvalue weighted by Gasteiger charge is 2.44. The van der Waals surface area contributed by atoms with Gasteiger partial charge in [0, 0.05) is 32.1 Å². The Morgan fingerprint density at radius 1 is 1.23 bits per heavy atom. The van der Waals surface area contributed by atoms with Crippen molar-refractivity contribution in [1.82, 2.24) is 16.0 Å². The zero-order valence-corrected chi connectivity index (χ0v) is 16.0. The summed E-state index contributed by atoms with van der Waals surface area (Å²) in [5, 5.41) is 9.12. The van der Waals surface area contributed by atoms with Crippen LogP contribution >= 0.6 is 0 Å². The van der Waals surface area contributed by atoms with Crippen molar-refractivity contribution < 1.29 is 13.9 Å². The zero-order valence-electron chi connectivity index (χ0n) is 16.0. The molecule has 1 fully saturated rings. The predicted octanol–water partition coefficient (Wildman–Crippen LogP) is 2.55. The van der Waals surface area contributed by atoms with Gasteiger partial charge < -0.3 is 20.7 Å². The molecule has 7 heteroatoms. The molecule has 1 aromatic rings. The molecular weight excluding hydrogens is 335 g/mol. The highest BCUT2D eigenvalue weighted by molar-refractivity contribution is 5.80. The summed E-state index contributed by atoms with van der Waals surface area (Å²) in [4.78, 5) is 15.8. The Morgan fingerprint density at radius 3 is 2.50 bits per heavy atom. The third-order valence-electron chi connectivity index (χ3n) is 4.19. The molecule has 0 atom stereocenters. The number of aliphatic imine (C=N–C) groups is 1. The van der Waals surface area contributed by atoms with Crippen LogP contribution in [0.4, 0.5) is 9.18 Å². The number of ether oxygens (including phenoxy) is 1. The molecule has 1 amide bonds. The molecule has 0 aliphatic heterocycles. The monoisotopic (exact) mass is 364 g/mol. The second-order valence-electron chi connectivity index (χ2n) is 7.57. The van der Waals surface area contributed by atoms with E-state index in [2.05, 4.69) is 20.9 Å². The summed E-state index contributed by atoms with van der Waals surface area (Å²) in [7, 11) is 1.69. The highest BCUT2D eigenvalue weighted by Crippen LogP contribution is 2.47. The standard InChI is InChI=1S/C19H29FN4O2/c1-18(2,3)26-17(25)23-11-10-22-16(21-4)24-13-19(8-9-19)14-6-5-7-15(20)12-14/h5-7,12H,8-11,13H2,1-4H3,(H,23,25)(H2,21,22,24). The molecule has 144 valence electrons. The van der Waals surface area contributed by atoms with E-state index in [9.17, 15) is 9.18 Å². The SMILES string of the molecule is CN=C(NCCNC(=O)OC(C)(C)C)NCC1(c2cccc(F)c2)CC1. The van der Waals surface area contributed by atoms with Crippen LogP contribution < -0.4 is 16.0 Å². The molecular formula is C19H29FN4O2. The van der Waals surface area contributed by atoms with Crippen molar-refractivity contribution in [2.45, 2.75) is 44.6 Å². The Hall–Kier alpha value is -2.31. The third kappa shape index (κ3) is 6.20. The van der Waals surface area contributed by atoms with Crippen molar-refractivity contribution in [3.8, 4) is 0 Å². The summed E-state index contributed by atoms with van der Waals surface area (Å²) in [5.41, 5.74) is 0.492. The number of nitrogens with zero attached hydrogens (tertiary/aromatic N) is 1. The van der Waals surface area contributed by atoms with Gasteiger partial charge in [0.25, 0.3) is 0 Å². The zero-order chi connectivity index (χ0) is 19.2. The number of hydrogen-bond acceptors (Lipinski definition) is 3. The van der Waals surface area contributed by atoms with Crippen LogP contribution in [0.5, 0.6) is 0 Å². The number of amides is 1. The molecule has 3 N–H and O–H groups in total. The number of carbonyl (C=O) groups is 1. The molecule has 0 aromatic heterocycles. The fraction of sp³-hybridized carbons (Fsp3) is 0.579. The molecule has 0 bridgehead atoms. The lowest BCUT2D eigenvalue weighted by molar-refractivity contribution is 0.0529. The largest absolute Gasteiger partial charge is 0.444 e. The molecule has 1 saturated carbocycles. The van der Waals surface area contributed by atoms with E-state index in [-0.39, 0.29) is 11.2 Å². The Morgan fingerprint density at radius 2 is 1.92 bits per heavy atom. The molecule has 1 aromatic carbocycles. The van der Waals surface area contributed by atoms with Crippen LogP contribution in [0.25, 0.3) is 0 Å². The molecule has 1 aliphatic rings. The minimum atomic E-state index is -0.509. The van der Waals surface area contributed by atoms with Crippen LogP contribution in [-0.4, -0.2) is 44.3 Å². The Kier molecular flexibility index (Phi) is 6.45. The smallest absolute Gasteiger partial charge is 0.407 e. The number of benzene rings is 1. The summed E-state index contributed by atoms with van der Waals surface area (Å²) in [6, 6.07) is 6.79. The first-order chi connectivity index (χ1) is 12.2. The first-order valence-corrected chi connectivity index (χ1v) is 8.91. The van der Waals surface area contributed by atoms with Gasteiger partial charge in [0.15, 0.2) is 5.96 Å². The van der Waals surface area contributed by atoms with Gasteiger partial charge in [-0.25, -0.2) is 9.18 Å². The molecule has 2 rings (SSSR count). The predicted molar refractivity (Wildman–Crippen MR) is 101 cm³/mol. The van der Waals surface area contributed by atoms with Crippen molar-refractivity contribution in [3.05, 3.63) is 35.6 Å². The van der Waals surface area contributed by atoms with Gasteiger partial charge >= 0.3 is 6.09 Å². The maximum Gasteiger partial charge on any atom is 0.407 e. The number of rotatable bonds is 6. The van der Waals surface area contributed by atoms with Gasteiger partial charge in [-0.1, -0.05) is 12.1 Å². The maximum absolute atomic E-state index is 13.5. The molecule has 26 heavy (non-hydrogen) atoms. The van der Waals surface area contributed by atoms with Crippen molar-refractivity contribution in [2.75, 3.05) is 26.7 Å². The maximum atomic E-state index is 13.5. The number of halogens is 1. The van der Waals surface area contributed by atoms with Gasteiger partial charge in [0.1, 0.15) is 11.4 Å². The van der Waals surface area contributed by atoms with E-state index < -0.39 is 11.7 Å². The Balaban J connectivity index is 1.72. The quantitative estimate of drug-likeness (QED) is 0.412. The Bertz CT molecular complexity index is 651. The summed E-state index contributed by atoms with van der Waals surface area (Å²) >= 11 is 0. The lowest BCUT2D eigenvalue weighted by Crippen LogP contribution is -2.44. The minimum absolute atomic E-state index is 0.0194. The third-order valence-corrected chi connectivity index (χ3v) is 4.19. The number of hydrogen-bond donors (Lipinski definition) is 3. The summed E-state index contributed by atoms with van der Waals surface area (Å²) in [6.07, 6.45) is 1.62. The fourth-order valence-corrected chi connectivity index (χ4v) is 2.67. The minimum Gasteiger partial charge on any atom is -0.444 e. The van der Waals surface area contributed by atoms with Crippen LogP contribution in [0.3, 0.4) is 0 Å². The van der Waals surface area contributed by atoms with Gasteiger partial charge in [0.05, 0.1) is 0 Å². The van der Waals surface area contributed by atoms with E-state index in [1.165, 1.54) is 6.07 Å². The molecule has 0 radical (unpaired) electrons. The van der Waals surface area contributed by atoms with Gasteiger partial charge in [-0.2, -0.15) is 0 Å². The molecule has 6 nitrogen and oxygen atoms in total. The first-order valence-electron chi connectivity index (χ1n) is 8.91. The topological polar surface area (TPSA) is 74.8 Å². The van der Waals surface area contributed by atoms with E-state index >= 15 is 0 Å². The van der Waals surface area contributed by atoms with Gasteiger partial charge in [-0.15, -0.1) is 0 Å². The van der Waals surface area contributed by atoms with Crippen LogP contribution in [0, 0.1) is 5.82 Å². The molecule has 0 saturated heterocycles. The number of alkyl carbamates (subject to hydrolysis) is 1. The lowest BCUT2D eigenvalue weighted by Gasteiger charge is -2.20. The average Bonchev–Trinajstić information content (AvgIpc) is 3.34. The Labute approximate surface area is 154 Å². The summed E-state index contributed by atoms with van der Waals surface area (Å²) in [5.74, 6) is 0.447. The second-order valence-corrected chi connectivity index (χ2v) is 7.57. The van der Waals surface area contributed by atoms with Gasteiger partial charge in [-0.3, -0.25) is 4.99 Å². The summed E-state index contributed by atoms with van der Waals surface area (Å²) < 4.78 is 18.6. The van der Waals surface area contributed by atoms with Crippen molar-refractivity contribution >= 4 is 12.1 Å². The number of guanidine groups is 1. The van der Waals surface area contributed by atoms with E-state index in [4.69, 9.17) is 4.74 Å². The molecule has 1 aliphatic carbocycles. The number of carbonyl (C=O) groups excluding carboxylic acids is 1. The average molecular weight is 364 g/mol. The normalized spacial score (nSPS) is 16.0. The molecule has 0 unspecified atom stereocenters. The first kappa shape index (κ1) is 20.0. The van der Waals surface area contributed by atoms with Crippen molar-refractivity contribution in [2.24, 2.45) is 4.99 Å². The van der Waals surface area contributed by atoms with Crippen LogP contribution in [0.1, 0.15) is 39.2 Å².